The minimum atomic E-state index is 0.841. The molecule has 3 atom stereocenters. The third kappa shape index (κ3) is 7.88. The summed E-state index contributed by atoms with van der Waals surface area (Å²) in [7, 11) is 0. The molecule has 0 rings (SSSR count). The molecule has 0 aromatic heterocycles. The van der Waals surface area contributed by atoms with Crippen LogP contribution in [0.4, 0.5) is 0 Å². The van der Waals surface area contributed by atoms with Gasteiger partial charge in [-0.3, -0.25) is 0 Å². The van der Waals surface area contributed by atoms with Crippen molar-refractivity contribution in [3.8, 4) is 0 Å². The maximum Gasteiger partial charge on any atom is -0.0417 e. The van der Waals surface area contributed by atoms with Crippen LogP contribution in [0.3, 0.4) is 0 Å². The van der Waals surface area contributed by atoms with E-state index < -0.39 is 0 Å². The summed E-state index contributed by atoms with van der Waals surface area (Å²) in [6, 6.07) is 0. The third-order valence-corrected chi connectivity index (χ3v) is 3.59. The van der Waals surface area contributed by atoms with Gasteiger partial charge in [0.2, 0.25) is 0 Å². The first-order chi connectivity index (χ1) is 6.82. The molecule has 0 bridgehead atoms. The van der Waals surface area contributed by atoms with Gasteiger partial charge in [-0.1, -0.05) is 48.5 Å². The Kier molecular flexibility index (Phi) is 7.30. The Bertz CT molecular complexity index is 146. The summed E-state index contributed by atoms with van der Waals surface area (Å²) in [5, 5.41) is 0. The lowest BCUT2D eigenvalue weighted by atomic mass is 9.83. The molecule has 0 amide bonds. The minimum Gasteiger partial charge on any atom is -0.0628 e. The fraction of sp³-hybridized carbons (Fsp3) is 1.00. The molecule has 0 aliphatic carbocycles. The van der Waals surface area contributed by atoms with E-state index in [-0.39, 0.29) is 0 Å². The van der Waals surface area contributed by atoms with Crippen LogP contribution >= 0.6 is 0 Å². The van der Waals surface area contributed by atoms with E-state index in [1.165, 1.54) is 19.3 Å². The van der Waals surface area contributed by atoms with E-state index in [2.05, 4.69) is 48.5 Å². The van der Waals surface area contributed by atoms with Crippen molar-refractivity contribution in [1.29, 1.82) is 0 Å². The average molecular weight is 212 g/mol. The van der Waals surface area contributed by atoms with Crippen molar-refractivity contribution < 1.29 is 0 Å². The van der Waals surface area contributed by atoms with E-state index in [0.29, 0.717) is 0 Å². The molecule has 92 valence electrons. The molecule has 0 heterocycles. The van der Waals surface area contributed by atoms with Crippen LogP contribution in [0, 0.1) is 29.6 Å². The van der Waals surface area contributed by atoms with E-state index in [1.807, 2.05) is 0 Å². The lowest BCUT2D eigenvalue weighted by molar-refractivity contribution is 0.280. The van der Waals surface area contributed by atoms with Crippen LogP contribution in [-0.4, -0.2) is 0 Å². The first-order valence-corrected chi connectivity index (χ1v) is 6.82. The molecule has 0 spiro atoms. The zero-order valence-corrected chi connectivity index (χ0v) is 12.0. The predicted molar refractivity (Wildman–Crippen MR) is 71.0 cm³/mol. The fourth-order valence-electron chi connectivity index (χ4n) is 2.59. The summed E-state index contributed by atoms with van der Waals surface area (Å²) >= 11 is 0. The summed E-state index contributed by atoms with van der Waals surface area (Å²) in [5.74, 6) is 4.38. The van der Waals surface area contributed by atoms with E-state index in [0.717, 1.165) is 29.6 Å². The Hall–Kier alpha value is 0. The Balaban J connectivity index is 3.77. The van der Waals surface area contributed by atoms with Gasteiger partial charge < -0.3 is 0 Å². The molecule has 0 fully saturated rings. The van der Waals surface area contributed by atoms with E-state index in [9.17, 15) is 0 Å². The number of rotatable bonds is 7. The molecule has 0 saturated heterocycles. The molecular weight excluding hydrogens is 180 g/mol. The quantitative estimate of drug-likeness (QED) is 0.531. The Morgan fingerprint density at radius 1 is 0.600 bits per heavy atom. The molecule has 0 aromatic carbocycles. The second-order valence-electron chi connectivity index (χ2n) is 6.53. The molecule has 3 unspecified atom stereocenters. The Morgan fingerprint density at radius 3 is 1.47 bits per heavy atom. The molecule has 15 heavy (non-hydrogen) atoms. The van der Waals surface area contributed by atoms with Crippen LogP contribution in [0.5, 0.6) is 0 Å². The van der Waals surface area contributed by atoms with E-state index >= 15 is 0 Å². The molecule has 0 aromatic rings. The van der Waals surface area contributed by atoms with Crippen molar-refractivity contribution in [3.63, 3.8) is 0 Å². The van der Waals surface area contributed by atoms with Gasteiger partial charge in [0.25, 0.3) is 0 Å². The molecule has 0 nitrogen and oxygen atoms in total. The van der Waals surface area contributed by atoms with Crippen LogP contribution < -0.4 is 0 Å². The second kappa shape index (κ2) is 7.30. The van der Waals surface area contributed by atoms with Crippen LogP contribution in [0.1, 0.15) is 67.7 Å². The number of hydrogen-bond donors (Lipinski definition) is 0. The molecule has 0 N–H and O–H groups in total. The summed E-state index contributed by atoms with van der Waals surface area (Å²) in [6.45, 7) is 16.6. The van der Waals surface area contributed by atoms with Crippen LogP contribution in [0.2, 0.25) is 0 Å². The van der Waals surface area contributed by atoms with E-state index in [1.54, 1.807) is 0 Å². The molecule has 0 aliphatic rings. The highest BCUT2D eigenvalue weighted by atomic mass is 14.2. The molecule has 0 aliphatic heterocycles. The average Bonchev–Trinajstić information content (AvgIpc) is 2.00. The lowest BCUT2D eigenvalue weighted by Gasteiger charge is -2.23. The SMILES string of the molecule is CC(C)CC(C)CC(C)CC(C)C(C)C. The van der Waals surface area contributed by atoms with Crippen LogP contribution in [0.15, 0.2) is 0 Å². The second-order valence-corrected chi connectivity index (χ2v) is 6.53. The van der Waals surface area contributed by atoms with Crippen molar-refractivity contribution >= 4 is 0 Å². The monoisotopic (exact) mass is 212 g/mol. The van der Waals surface area contributed by atoms with Gasteiger partial charge in [0.15, 0.2) is 0 Å². The van der Waals surface area contributed by atoms with Crippen molar-refractivity contribution in [2.24, 2.45) is 29.6 Å². The van der Waals surface area contributed by atoms with Gasteiger partial charge >= 0.3 is 0 Å². The molecule has 0 saturated carbocycles. The van der Waals surface area contributed by atoms with Crippen LogP contribution in [-0.2, 0) is 0 Å². The summed E-state index contributed by atoms with van der Waals surface area (Å²) in [5.41, 5.74) is 0. The van der Waals surface area contributed by atoms with Crippen molar-refractivity contribution in [2.75, 3.05) is 0 Å². The Labute approximate surface area is 97.8 Å². The largest absolute Gasteiger partial charge is 0.0628 e. The highest BCUT2D eigenvalue weighted by Crippen LogP contribution is 2.26. The molecule has 0 heteroatoms. The highest BCUT2D eigenvalue weighted by Gasteiger charge is 2.15. The fourth-order valence-corrected chi connectivity index (χ4v) is 2.59. The Morgan fingerprint density at radius 2 is 1.07 bits per heavy atom. The van der Waals surface area contributed by atoms with Gasteiger partial charge in [-0.2, -0.15) is 0 Å². The van der Waals surface area contributed by atoms with E-state index in [4.69, 9.17) is 0 Å². The first-order valence-electron chi connectivity index (χ1n) is 6.82. The summed E-state index contributed by atoms with van der Waals surface area (Å²) in [4.78, 5) is 0. The van der Waals surface area contributed by atoms with Gasteiger partial charge in [0.1, 0.15) is 0 Å². The molecular formula is C15H32. The normalized spacial score (nSPS) is 18.2. The van der Waals surface area contributed by atoms with Crippen molar-refractivity contribution in [1.82, 2.24) is 0 Å². The van der Waals surface area contributed by atoms with Crippen LogP contribution in [0.25, 0.3) is 0 Å². The van der Waals surface area contributed by atoms with Gasteiger partial charge in [-0.25, -0.2) is 0 Å². The highest BCUT2D eigenvalue weighted by molar-refractivity contribution is 4.66. The topological polar surface area (TPSA) is 0 Å². The van der Waals surface area contributed by atoms with Crippen molar-refractivity contribution in [2.45, 2.75) is 67.7 Å². The summed E-state index contributed by atoms with van der Waals surface area (Å²) in [6.07, 6.45) is 4.20. The molecule has 0 radical (unpaired) electrons. The third-order valence-electron chi connectivity index (χ3n) is 3.59. The van der Waals surface area contributed by atoms with Gasteiger partial charge in [-0.05, 0) is 48.9 Å². The predicted octanol–water partition coefficient (Wildman–Crippen LogP) is 5.38. The zero-order chi connectivity index (χ0) is 12.0. The zero-order valence-electron chi connectivity index (χ0n) is 12.0. The minimum absolute atomic E-state index is 0.841. The van der Waals surface area contributed by atoms with Gasteiger partial charge in [0.05, 0.1) is 0 Å². The smallest absolute Gasteiger partial charge is 0.0417 e. The van der Waals surface area contributed by atoms with Gasteiger partial charge in [0, 0.05) is 0 Å². The maximum absolute atomic E-state index is 2.43. The lowest BCUT2D eigenvalue weighted by Crippen LogP contribution is -2.12. The van der Waals surface area contributed by atoms with Crippen molar-refractivity contribution in [3.05, 3.63) is 0 Å². The maximum atomic E-state index is 2.43. The number of hydrogen-bond acceptors (Lipinski definition) is 0. The van der Waals surface area contributed by atoms with Gasteiger partial charge in [-0.15, -0.1) is 0 Å². The standard InChI is InChI=1S/C15H32/c1-11(2)8-13(5)9-14(6)10-15(7)12(3)4/h11-15H,8-10H2,1-7H3. The summed E-state index contributed by atoms with van der Waals surface area (Å²) < 4.78 is 0. The first kappa shape index (κ1) is 15.0.